The molecule has 1 heterocycles. The van der Waals surface area contributed by atoms with E-state index in [1.165, 1.54) is 0 Å². The van der Waals surface area contributed by atoms with Gasteiger partial charge in [0.2, 0.25) is 10.0 Å². The summed E-state index contributed by atoms with van der Waals surface area (Å²) >= 11 is 0. The maximum Gasteiger partial charge on any atom is 0.243 e. The Bertz CT molecular complexity index is 589. The fourth-order valence-corrected chi connectivity index (χ4v) is 4.78. The van der Waals surface area contributed by atoms with Crippen LogP contribution in [-0.2, 0) is 10.0 Å². The molecule has 1 saturated heterocycles. The molecule has 0 unspecified atom stereocenters. The zero-order chi connectivity index (χ0) is 13.5. The van der Waals surface area contributed by atoms with Crippen molar-refractivity contribution in [3.63, 3.8) is 0 Å². The van der Waals surface area contributed by atoms with Crippen LogP contribution in [-0.4, -0.2) is 25.3 Å². The second-order valence-corrected chi connectivity index (χ2v) is 7.38. The van der Waals surface area contributed by atoms with Crippen LogP contribution in [0.2, 0.25) is 0 Å². The fourth-order valence-electron chi connectivity index (χ4n) is 3.09. The minimum Gasteiger partial charge on any atom is -0.207 e. The molecular weight excluding hydrogens is 258 g/mol. The van der Waals surface area contributed by atoms with Crippen molar-refractivity contribution in [2.75, 3.05) is 6.54 Å². The molecule has 4 heteroatoms. The third-order valence-corrected chi connectivity index (χ3v) is 6.08. The van der Waals surface area contributed by atoms with Crippen molar-refractivity contribution >= 4 is 10.0 Å². The van der Waals surface area contributed by atoms with Gasteiger partial charge in [-0.05, 0) is 44.2 Å². The molecule has 2 aliphatic rings. The standard InChI is InChI=1S/C15H19NO2S/c1-12-7-9-14(10-8-12)19(17,18)16-11-3-5-13-4-2-6-15(13)16/h2,6-10,13,15H,3-5,11H2,1H3/t13-,15-/m1/s1. The summed E-state index contributed by atoms with van der Waals surface area (Å²) in [7, 11) is -3.35. The van der Waals surface area contributed by atoms with Crippen LogP contribution in [0.15, 0.2) is 41.3 Å². The van der Waals surface area contributed by atoms with Crippen LogP contribution in [0.4, 0.5) is 0 Å². The largest absolute Gasteiger partial charge is 0.243 e. The van der Waals surface area contributed by atoms with Gasteiger partial charge < -0.3 is 0 Å². The molecule has 1 aliphatic heterocycles. The summed E-state index contributed by atoms with van der Waals surface area (Å²) in [6, 6.07) is 7.22. The molecule has 1 aromatic rings. The first kappa shape index (κ1) is 12.9. The lowest BCUT2D eigenvalue weighted by molar-refractivity contribution is 0.224. The molecular formula is C15H19NO2S. The maximum atomic E-state index is 12.7. The first-order chi connectivity index (χ1) is 9.09. The molecule has 2 atom stereocenters. The number of hydrogen-bond donors (Lipinski definition) is 0. The summed E-state index contributed by atoms with van der Waals surface area (Å²) in [6.07, 6.45) is 7.31. The van der Waals surface area contributed by atoms with Gasteiger partial charge in [0.15, 0.2) is 0 Å². The van der Waals surface area contributed by atoms with Crippen LogP contribution in [0.1, 0.15) is 24.8 Å². The van der Waals surface area contributed by atoms with Crippen molar-refractivity contribution in [2.24, 2.45) is 5.92 Å². The van der Waals surface area contributed by atoms with Gasteiger partial charge in [0.1, 0.15) is 0 Å². The highest BCUT2D eigenvalue weighted by atomic mass is 32.2. The zero-order valence-corrected chi connectivity index (χ0v) is 11.9. The predicted octanol–water partition coefficient (Wildman–Crippen LogP) is 2.72. The van der Waals surface area contributed by atoms with E-state index in [0.29, 0.717) is 17.4 Å². The van der Waals surface area contributed by atoms with Crippen LogP contribution >= 0.6 is 0 Å². The molecule has 19 heavy (non-hydrogen) atoms. The number of piperidine rings is 1. The predicted molar refractivity (Wildman–Crippen MR) is 75.3 cm³/mol. The lowest BCUT2D eigenvalue weighted by Gasteiger charge is -2.36. The Kier molecular flexibility index (Phi) is 3.23. The maximum absolute atomic E-state index is 12.7. The van der Waals surface area contributed by atoms with E-state index >= 15 is 0 Å². The lowest BCUT2D eigenvalue weighted by Crippen LogP contribution is -2.45. The van der Waals surface area contributed by atoms with E-state index in [-0.39, 0.29) is 6.04 Å². The zero-order valence-electron chi connectivity index (χ0n) is 11.1. The fraction of sp³-hybridized carbons (Fsp3) is 0.467. The number of aryl methyl sites for hydroxylation is 1. The van der Waals surface area contributed by atoms with Crippen LogP contribution in [0.5, 0.6) is 0 Å². The molecule has 0 amide bonds. The smallest absolute Gasteiger partial charge is 0.207 e. The van der Waals surface area contributed by atoms with Crippen LogP contribution in [0.25, 0.3) is 0 Å². The summed E-state index contributed by atoms with van der Waals surface area (Å²) in [5, 5.41) is 0. The lowest BCUT2D eigenvalue weighted by atomic mass is 9.93. The Balaban J connectivity index is 1.95. The van der Waals surface area contributed by atoms with E-state index in [1.54, 1.807) is 16.4 Å². The van der Waals surface area contributed by atoms with Crippen molar-refractivity contribution in [1.29, 1.82) is 0 Å². The summed E-state index contributed by atoms with van der Waals surface area (Å²) in [5.74, 6) is 0.481. The van der Waals surface area contributed by atoms with E-state index in [4.69, 9.17) is 0 Å². The number of hydrogen-bond acceptors (Lipinski definition) is 2. The van der Waals surface area contributed by atoms with E-state index < -0.39 is 10.0 Å². The van der Waals surface area contributed by atoms with E-state index in [9.17, 15) is 8.42 Å². The Labute approximate surface area is 115 Å². The van der Waals surface area contributed by atoms with Gasteiger partial charge in [-0.25, -0.2) is 8.42 Å². The second kappa shape index (κ2) is 4.76. The van der Waals surface area contributed by atoms with Crippen molar-refractivity contribution in [2.45, 2.75) is 37.1 Å². The van der Waals surface area contributed by atoms with Gasteiger partial charge in [0, 0.05) is 12.6 Å². The Morgan fingerprint density at radius 1 is 1.21 bits per heavy atom. The van der Waals surface area contributed by atoms with Gasteiger partial charge in [0.05, 0.1) is 4.90 Å². The van der Waals surface area contributed by atoms with Crippen LogP contribution < -0.4 is 0 Å². The first-order valence-electron chi connectivity index (χ1n) is 6.84. The Hall–Kier alpha value is -1.13. The minimum atomic E-state index is -3.35. The number of sulfonamides is 1. The molecule has 1 aliphatic carbocycles. The number of allylic oxidation sites excluding steroid dienone is 1. The summed E-state index contributed by atoms with van der Waals surface area (Å²) in [6.45, 7) is 2.61. The number of nitrogens with zero attached hydrogens (tertiary/aromatic N) is 1. The third kappa shape index (κ3) is 2.23. The highest BCUT2D eigenvalue weighted by molar-refractivity contribution is 7.89. The number of rotatable bonds is 2. The quantitative estimate of drug-likeness (QED) is 0.779. The molecule has 102 valence electrons. The summed E-state index contributed by atoms with van der Waals surface area (Å²) in [5.41, 5.74) is 1.08. The molecule has 1 fully saturated rings. The molecule has 0 N–H and O–H groups in total. The minimum absolute atomic E-state index is 0.0695. The topological polar surface area (TPSA) is 37.4 Å². The monoisotopic (exact) mass is 277 g/mol. The first-order valence-corrected chi connectivity index (χ1v) is 8.28. The molecule has 3 rings (SSSR count). The molecule has 0 saturated carbocycles. The van der Waals surface area contributed by atoms with Crippen molar-refractivity contribution < 1.29 is 8.42 Å². The normalized spacial score (nSPS) is 27.4. The molecule has 1 aromatic carbocycles. The highest BCUT2D eigenvalue weighted by Gasteiger charge is 2.38. The van der Waals surface area contributed by atoms with Gasteiger partial charge in [-0.1, -0.05) is 29.8 Å². The van der Waals surface area contributed by atoms with Crippen LogP contribution in [0, 0.1) is 12.8 Å². The number of benzene rings is 1. The average Bonchev–Trinajstić information content (AvgIpc) is 2.87. The Morgan fingerprint density at radius 2 is 1.95 bits per heavy atom. The molecule has 3 nitrogen and oxygen atoms in total. The van der Waals surface area contributed by atoms with Crippen molar-refractivity contribution in [3.05, 3.63) is 42.0 Å². The van der Waals surface area contributed by atoms with Crippen LogP contribution in [0.3, 0.4) is 0 Å². The molecule has 0 bridgehead atoms. The van der Waals surface area contributed by atoms with E-state index in [1.807, 2.05) is 19.1 Å². The average molecular weight is 277 g/mol. The summed E-state index contributed by atoms with van der Waals surface area (Å²) < 4.78 is 27.2. The summed E-state index contributed by atoms with van der Waals surface area (Å²) in [4.78, 5) is 0.416. The van der Waals surface area contributed by atoms with E-state index in [2.05, 4.69) is 12.2 Å². The molecule has 0 spiro atoms. The Morgan fingerprint density at radius 3 is 2.68 bits per heavy atom. The SMILES string of the molecule is Cc1ccc(S(=O)(=O)N2CCC[C@H]3CC=C[C@H]32)cc1. The van der Waals surface area contributed by atoms with Gasteiger partial charge >= 0.3 is 0 Å². The highest BCUT2D eigenvalue weighted by Crippen LogP contribution is 2.35. The second-order valence-electron chi connectivity index (χ2n) is 5.49. The van der Waals surface area contributed by atoms with Crippen molar-refractivity contribution in [1.82, 2.24) is 4.31 Å². The third-order valence-electron chi connectivity index (χ3n) is 4.17. The van der Waals surface area contributed by atoms with Gasteiger partial charge in [-0.2, -0.15) is 4.31 Å². The molecule has 0 aromatic heterocycles. The van der Waals surface area contributed by atoms with Gasteiger partial charge in [-0.15, -0.1) is 0 Å². The number of fused-ring (bicyclic) bond motifs is 1. The van der Waals surface area contributed by atoms with Gasteiger partial charge in [-0.3, -0.25) is 0 Å². The van der Waals surface area contributed by atoms with Gasteiger partial charge in [0.25, 0.3) is 0 Å². The van der Waals surface area contributed by atoms with Crippen molar-refractivity contribution in [3.8, 4) is 0 Å². The molecule has 0 radical (unpaired) electrons. The van der Waals surface area contributed by atoms with E-state index in [0.717, 1.165) is 24.8 Å².